The van der Waals surface area contributed by atoms with E-state index < -0.39 is 24.2 Å². The highest BCUT2D eigenvalue weighted by Gasteiger charge is 2.30. The van der Waals surface area contributed by atoms with Crippen LogP contribution in [0.15, 0.2) is 24.3 Å². The van der Waals surface area contributed by atoms with E-state index in [1.54, 1.807) is 0 Å². The molecule has 19 heavy (non-hydrogen) atoms. The molecule has 0 spiro atoms. The Bertz CT molecular complexity index is 387. The highest BCUT2D eigenvalue weighted by Crippen LogP contribution is 2.22. The Morgan fingerprint density at radius 3 is 2.11 bits per heavy atom. The maximum absolute atomic E-state index is 11.8. The van der Waals surface area contributed by atoms with Gasteiger partial charge in [0, 0.05) is 6.42 Å². The van der Waals surface area contributed by atoms with E-state index in [-0.39, 0.29) is 6.42 Å². The number of benzene rings is 1. The second-order valence-corrected chi connectivity index (χ2v) is 3.25. The lowest BCUT2D eigenvalue weighted by Crippen LogP contribution is -2.22. The van der Waals surface area contributed by atoms with Crippen molar-refractivity contribution in [1.29, 1.82) is 0 Å². The number of carboxylic acids is 1. The van der Waals surface area contributed by atoms with Crippen molar-refractivity contribution in [2.24, 2.45) is 0 Å². The van der Waals surface area contributed by atoms with Crippen LogP contribution in [0.3, 0.4) is 0 Å². The summed E-state index contributed by atoms with van der Waals surface area (Å²) in [5.74, 6) is -1.79. The van der Waals surface area contributed by atoms with E-state index in [4.69, 9.17) is 10.2 Å². The number of carboxylic acid groups (broad SMARTS) is 1. The van der Waals surface area contributed by atoms with Crippen molar-refractivity contribution >= 4 is 5.97 Å². The number of carbonyl (C=O) groups is 1. The molecule has 0 bridgehead atoms. The van der Waals surface area contributed by atoms with Crippen LogP contribution in [0, 0.1) is 0 Å². The Hall–Kier alpha value is -1.76. The molecule has 0 heterocycles. The summed E-state index contributed by atoms with van der Waals surface area (Å²) >= 11 is 0. The molecule has 0 aliphatic heterocycles. The average Bonchev–Trinajstić information content (AvgIpc) is 2.32. The number of ether oxygens (including phenoxy) is 1. The third kappa shape index (κ3) is 7.30. The molecule has 7 heteroatoms. The van der Waals surface area contributed by atoms with Gasteiger partial charge in [-0.1, -0.05) is 26.0 Å². The standard InChI is InChI=1S/C10H9F3O4.C2H6/c11-10(12,13)17-7-3-1-6(2-4-7)5-8(14)9(15)16;1-2/h1-4,8,14H,5H2,(H,15,16);1-2H3. The predicted octanol–water partition coefficient (Wildman–Crippen LogP) is 2.60. The minimum Gasteiger partial charge on any atom is -0.479 e. The van der Waals surface area contributed by atoms with Gasteiger partial charge < -0.3 is 14.9 Å². The van der Waals surface area contributed by atoms with Crippen LogP contribution in [-0.4, -0.2) is 28.6 Å². The van der Waals surface area contributed by atoms with Gasteiger partial charge in [0.15, 0.2) is 6.10 Å². The van der Waals surface area contributed by atoms with Gasteiger partial charge in [0.2, 0.25) is 0 Å². The largest absolute Gasteiger partial charge is 0.573 e. The van der Waals surface area contributed by atoms with E-state index in [1.165, 1.54) is 12.1 Å². The van der Waals surface area contributed by atoms with E-state index in [1.807, 2.05) is 13.8 Å². The van der Waals surface area contributed by atoms with Crippen LogP contribution < -0.4 is 4.74 Å². The molecule has 0 aliphatic carbocycles. The third-order valence-corrected chi connectivity index (χ3v) is 1.87. The van der Waals surface area contributed by atoms with Crippen LogP contribution in [0.4, 0.5) is 13.2 Å². The lowest BCUT2D eigenvalue weighted by atomic mass is 10.1. The quantitative estimate of drug-likeness (QED) is 0.889. The second-order valence-electron chi connectivity index (χ2n) is 3.25. The molecule has 0 amide bonds. The number of aliphatic hydroxyl groups excluding tert-OH is 1. The van der Waals surface area contributed by atoms with E-state index >= 15 is 0 Å². The van der Waals surface area contributed by atoms with Crippen LogP contribution in [0.5, 0.6) is 5.75 Å². The molecule has 0 aliphatic rings. The zero-order valence-electron chi connectivity index (χ0n) is 10.4. The Morgan fingerprint density at radius 2 is 1.74 bits per heavy atom. The summed E-state index contributed by atoms with van der Waals surface area (Å²) < 4.78 is 39.1. The summed E-state index contributed by atoms with van der Waals surface area (Å²) in [4.78, 5) is 10.3. The molecule has 4 nitrogen and oxygen atoms in total. The van der Waals surface area contributed by atoms with Crippen molar-refractivity contribution < 1.29 is 32.9 Å². The summed E-state index contributed by atoms with van der Waals surface area (Å²) in [5.41, 5.74) is 0.398. The number of hydrogen-bond acceptors (Lipinski definition) is 3. The number of aliphatic hydroxyl groups is 1. The first kappa shape index (κ1) is 17.2. The van der Waals surface area contributed by atoms with Crippen molar-refractivity contribution in [3.63, 3.8) is 0 Å². The molecule has 0 fully saturated rings. The maximum Gasteiger partial charge on any atom is 0.573 e. The van der Waals surface area contributed by atoms with Crippen LogP contribution in [0.2, 0.25) is 0 Å². The molecule has 0 saturated heterocycles. The number of aliphatic carboxylic acids is 1. The van der Waals surface area contributed by atoms with Gasteiger partial charge in [-0.05, 0) is 17.7 Å². The fourth-order valence-corrected chi connectivity index (χ4v) is 1.14. The molecular weight excluding hydrogens is 265 g/mol. The lowest BCUT2D eigenvalue weighted by molar-refractivity contribution is -0.274. The molecule has 1 aromatic carbocycles. The van der Waals surface area contributed by atoms with Gasteiger partial charge in [0.25, 0.3) is 0 Å². The maximum atomic E-state index is 11.8. The Kier molecular flexibility index (Phi) is 6.92. The van der Waals surface area contributed by atoms with Gasteiger partial charge in [-0.3, -0.25) is 0 Å². The van der Waals surface area contributed by atoms with Gasteiger partial charge in [0.05, 0.1) is 0 Å². The normalized spacial score (nSPS) is 12.1. The summed E-state index contributed by atoms with van der Waals surface area (Å²) in [6.45, 7) is 4.00. The van der Waals surface area contributed by atoms with E-state index in [9.17, 15) is 18.0 Å². The van der Waals surface area contributed by atoms with Gasteiger partial charge in [-0.25, -0.2) is 4.79 Å². The zero-order chi connectivity index (χ0) is 15.1. The minimum absolute atomic E-state index is 0.179. The Balaban J connectivity index is 0.00000154. The SMILES string of the molecule is CC.O=C(O)C(O)Cc1ccc(OC(F)(F)F)cc1. The molecular formula is C12H15F3O4. The Morgan fingerprint density at radius 1 is 1.26 bits per heavy atom. The smallest absolute Gasteiger partial charge is 0.479 e. The topological polar surface area (TPSA) is 66.8 Å². The van der Waals surface area contributed by atoms with Gasteiger partial charge in [0.1, 0.15) is 5.75 Å². The first-order valence-corrected chi connectivity index (χ1v) is 5.53. The summed E-state index contributed by atoms with van der Waals surface area (Å²) in [5, 5.41) is 17.5. The fraction of sp³-hybridized carbons (Fsp3) is 0.417. The fourth-order valence-electron chi connectivity index (χ4n) is 1.14. The molecule has 108 valence electrons. The van der Waals surface area contributed by atoms with Crippen LogP contribution in [0.1, 0.15) is 19.4 Å². The van der Waals surface area contributed by atoms with Crippen LogP contribution in [0.25, 0.3) is 0 Å². The van der Waals surface area contributed by atoms with Gasteiger partial charge >= 0.3 is 12.3 Å². The molecule has 0 aromatic heterocycles. The van der Waals surface area contributed by atoms with Crippen molar-refractivity contribution in [2.75, 3.05) is 0 Å². The first-order chi connectivity index (χ1) is 8.78. The summed E-state index contributed by atoms with van der Waals surface area (Å²) in [7, 11) is 0. The molecule has 1 aromatic rings. The predicted molar refractivity (Wildman–Crippen MR) is 61.8 cm³/mol. The van der Waals surface area contributed by atoms with E-state index in [0.717, 1.165) is 12.1 Å². The number of halogens is 3. The molecule has 0 radical (unpaired) electrons. The zero-order valence-corrected chi connectivity index (χ0v) is 10.4. The highest BCUT2D eigenvalue weighted by molar-refractivity contribution is 5.72. The minimum atomic E-state index is -4.76. The monoisotopic (exact) mass is 280 g/mol. The average molecular weight is 280 g/mol. The Labute approximate surface area is 108 Å². The van der Waals surface area contributed by atoms with E-state index in [2.05, 4.69) is 4.74 Å². The first-order valence-electron chi connectivity index (χ1n) is 5.53. The van der Waals surface area contributed by atoms with Gasteiger partial charge in [-0.15, -0.1) is 13.2 Å². The highest BCUT2D eigenvalue weighted by atomic mass is 19.4. The molecule has 1 atom stereocenters. The summed E-state index contributed by atoms with van der Waals surface area (Å²) in [6, 6.07) is 4.62. The molecule has 2 N–H and O–H groups in total. The second kappa shape index (κ2) is 7.63. The summed E-state index contributed by atoms with van der Waals surface area (Å²) in [6.07, 6.45) is -6.52. The molecule has 0 saturated carbocycles. The number of hydrogen-bond donors (Lipinski definition) is 2. The number of alkyl halides is 3. The molecule has 1 rings (SSSR count). The van der Waals surface area contributed by atoms with Gasteiger partial charge in [-0.2, -0.15) is 0 Å². The van der Waals surface area contributed by atoms with Crippen LogP contribution >= 0.6 is 0 Å². The number of rotatable bonds is 4. The van der Waals surface area contributed by atoms with Crippen molar-refractivity contribution in [3.8, 4) is 5.75 Å². The van der Waals surface area contributed by atoms with E-state index in [0.29, 0.717) is 5.56 Å². The van der Waals surface area contributed by atoms with Crippen molar-refractivity contribution in [2.45, 2.75) is 32.7 Å². The molecule has 1 unspecified atom stereocenters. The lowest BCUT2D eigenvalue weighted by Gasteiger charge is -2.10. The third-order valence-electron chi connectivity index (χ3n) is 1.87. The van der Waals surface area contributed by atoms with Crippen molar-refractivity contribution in [1.82, 2.24) is 0 Å². The van der Waals surface area contributed by atoms with Crippen LogP contribution in [-0.2, 0) is 11.2 Å². The van der Waals surface area contributed by atoms with Crippen molar-refractivity contribution in [3.05, 3.63) is 29.8 Å².